The van der Waals surface area contributed by atoms with Gasteiger partial charge in [0, 0.05) is 13.1 Å². The Morgan fingerprint density at radius 1 is 1.38 bits per heavy atom. The fourth-order valence-electron chi connectivity index (χ4n) is 1.27. The molecule has 1 saturated heterocycles. The lowest BCUT2D eigenvalue weighted by molar-refractivity contribution is 0.0245. The number of ether oxygens (including phenoxy) is 1. The third kappa shape index (κ3) is 2.86. The summed E-state index contributed by atoms with van der Waals surface area (Å²) < 4.78 is 5.21. The van der Waals surface area contributed by atoms with Crippen molar-refractivity contribution < 1.29 is 4.74 Å². The summed E-state index contributed by atoms with van der Waals surface area (Å²) in [5.74, 6) is 0.546. The largest absolute Gasteiger partial charge is 0.379 e. The van der Waals surface area contributed by atoms with Crippen molar-refractivity contribution in [2.24, 2.45) is 10.7 Å². The van der Waals surface area contributed by atoms with Crippen molar-refractivity contribution in [3.05, 3.63) is 0 Å². The van der Waals surface area contributed by atoms with Crippen molar-refractivity contribution in [1.82, 2.24) is 10.4 Å². The Bertz CT molecular complexity index is 196. The Hall–Kier alpha value is -0.810. The number of nitrogens with two attached hydrogens (primary N) is 1. The van der Waals surface area contributed by atoms with Gasteiger partial charge in [-0.3, -0.25) is 5.43 Å². The quantitative estimate of drug-likeness (QED) is 0.440. The van der Waals surface area contributed by atoms with E-state index >= 15 is 0 Å². The van der Waals surface area contributed by atoms with E-state index in [0.29, 0.717) is 12.0 Å². The molecule has 5 heteroatoms. The maximum atomic E-state index is 5.70. The number of nitrogens with zero attached hydrogens (tertiary/aromatic N) is 2. The molecule has 0 aromatic carbocycles. The smallest absolute Gasteiger partial charge is 0.203 e. The van der Waals surface area contributed by atoms with Gasteiger partial charge in [0.15, 0.2) is 0 Å². The third-order valence-electron chi connectivity index (χ3n) is 2.15. The molecule has 2 rings (SSSR count). The fraction of sp³-hybridized carbons (Fsp3) is 0.875. The summed E-state index contributed by atoms with van der Waals surface area (Å²) in [6.07, 6.45) is 2.37. The Kier molecular flexibility index (Phi) is 2.65. The number of hydrazine groups is 1. The number of hydrogen-bond donors (Lipinski definition) is 2. The molecule has 74 valence electrons. The van der Waals surface area contributed by atoms with Gasteiger partial charge in [-0.1, -0.05) is 0 Å². The maximum Gasteiger partial charge on any atom is 0.203 e. The van der Waals surface area contributed by atoms with Crippen LogP contribution in [0.4, 0.5) is 0 Å². The van der Waals surface area contributed by atoms with E-state index in [4.69, 9.17) is 10.5 Å². The van der Waals surface area contributed by atoms with E-state index in [2.05, 4.69) is 10.4 Å². The number of guanidine groups is 1. The molecule has 1 saturated carbocycles. The second-order valence-electron chi connectivity index (χ2n) is 3.46. The van der Waals surface area contributed by atoms with Crippen molar-refractivity contribution in [1.29, 1.82) is 0 Å². The number of rotatable bonds is 2. The van der Waals surface area contributed by atoms with Crippen LogP contribution in [-0.4, -0.2) is 43.3 Å². The highest BCUT2D eigenvalue weighted by molar-refractivity contribution is 5.77. The Balaban J connectivity index is 1.74. The van der Waals surface area contributed by atoms with Gasteiger partial charge in [0.25, 0.3) is 0 Å². The molecule has 5 nitrogen and oxygen atoms in total. The van der Waals surface area contributed by atoms with E-state index in [1.807, 2.05) is 5.01 Å². The van der Waals surface area contributed by atoms with E-state index in [1.54, 1.807) is 0 Å². The highest BCUT2D eigenvalue weighted by Gasteiger charge is 2.21. The summed E-state index contributed by atoms with van der Waals surface area (Å²) in [5.41, 5.74) is 8.77. The molecule has 2 aliphatic rings. The lowest BCUT2D eigenvalue weighted by Crippen LogP contribution is -2.51. The van der Waals surface area contributed by atoms with Gasteiger partial charge in [0.05, 0.1) is 19.3 Å². The second kappa shape index (κ2) is 3.93. The van der Waals surface area contributed by atoms with Crippen LogP contribution in [0.15, 0.2) is 4.99 Å². The molecule has 1 aliphatic heterocycles. The molecule has 0 spiro atoms. The minimum Gasteiger partial charge on any atom is -0.379 e. The number of hydrogen-bond acceptors (Lipinski definition) is 3. The van der Waals surface area contributed by atoms with Gasteiger partial charge in [0.2, 0.25) is 5.96 Å². The molecule has 0 bridgehead atoms. The zero-order valence-electron chi connectivity index (χ0n) is 7.70. The highest BCUT2D eigenvalue weighted by Crippen LogP contribution is 2.22. The van der Waals surface area contributed by atoms with Gasteiger partial charge in [-0.05, 0) is 12.8 Å². The molecule has 13 heavy (non-hydrogen) atoms. The standard InChI is InChI=1S/C8H16N4O/c9-8(10-7-1-2-7)11-12-3-5-13-6-4-12/h7H,1-6H2,(H3,9,10,11). The van der Waals surface area contributed by atoms with E-state index < -0.39 is 0 Å². The highest BCUT2D eigenvalue weighted by atomic mass is 16.5. The number of nitrogens with one attached hydrogen (secondary N) is 1. The predicted octanol–water partition coefficient (Wildman–Crippen LogP) is -0.700. The molecule has 0 amide bonds. The molecular formula is C8H16N4O. The normalized spacial score (nSPS) is 26.0. The van der Waals surface area contributed by atoms with Crippen molar-refractivity contribution in [3.63, 3.8) is 0 Å². The van der Waals surface area contributed by atoms with Crippen LogP contribution >= 0.6 is 0 Å². The SMILES string of the molecule is NC(=NC1CC1)NN1CCOCC1. The van der Waals surface area contributed by atoms with E-state index in [1.165, 1.54) is 12.8 Å². The van der Waals surface area contributed by atoms with Gasteiger partial charge in [-0.25, -0.2) is 10.0 Å². The van der Waals surface area contributed by atoms with Crippen molar-refractivity contribution in [2.75, 3.05) is 26.3 Å². The third-order valence-corrected chi connectivity index (χ3v) is 2.15. The van der Waals surface area contributed by atoms with Crippen LogP contribution in [0.5, 0.6) is 0 Å². The Morgan fingerprint density at radius 3 is 2.69 bits per heavy atom. The first-order chi connectivity index (χ1) is 6.34. The summed E-state index contributed by atoms with van der Waals surface area (Å²) in [4.78, 5) is 4.28. The summed E-state index contributed by atoms with van der Waals surface area (Å²) in [6, 6.07) is 0.480. The summed E-state index contributed by atoms with van der Waals surface area (Å²) in [6.45, 7) is 3.29. The van der Waals surface area contributed by atoms with Crippen LogP contribution in [0.25, 0.3) is 0 Å². The average Bonchev–Trinajstić information content (AvgIpc) is 2.90. The topological polar surface area (TPSA) is 62.9 Å². The molecule has 0 aromatic heterocycles. The second-order valence-corrected chi connectivity index (χ2v) is 3.46. The zero-order valence-corrected chi connectivity index (χ0v) is 7.70. The van der Waals surface area contributed by atoms with Crippen LogP contribution in [0.2, 0.25) is 0 Å². The predicted molar refractivity (Wildman–Crippen MR) is 50.2 cm³/mol. The first kappa shape index (κ1) is 8.77. The summed E-state index contributed by atoms with van der Waals surface area (Å²) in [5, 5.41) is 2.05. The molecule has 1 aliphatic carbocycles. The van der Waals surface area contributed by atoms with Crippen LogP contribution in [0.3, 0.4) is 0 Å². The van der Waals surface area contributed by atoms with Gasteiger partial charge >= 0.3 is 0 Å². The van der Waals surface area contributed by atoms with Crippen LogP contribution in [0, 0.1) is 0 Å². The lowest BCUT2D eigenvalue weighted by Gasteiger charge is -2.27. The number of morpholine rings is 1. The average molecular weight is 184 g/mol. The zero-order chi connectivity index (χ0) is 9.10. The van der Waals surface area contributed by atoms with E-state index in [9.17, 15) is 0 Å². The van der Waals surface area contributed by atoms with Crippen LogP contribution in [-0.2, 0) is 4.74 Å². The fourth-order valence-corrected chi connectivity index (χ4v) is 1.27. The first-order valence-electron chi connectivity index (χ1n) is 4.77. The van der Waals surface area contributed by atoms with Crippen molar-refractivity contribution in [3.8, 4) is 0 Å². The Labute approximate surface area is 77.9 Å². The van der Waals surface area contributed by atoms with Gasteiger partial charge in [-0.2, -0.15) is 0 Å². The summed E-state index contributed by atoms with van der Waals surface area (Å²) >= 11 is 0. The van der Waals surface area contributed by atoms with Crippen LogP contribution in [0.1, 0.15) is 12.8 Å². The first-order valence-corrected chi connectivity index (χ1v) is 4.77. The molecule has 2 fully saturated rings. The molecule has 0 unspecified atom stereocenters. The van der Waals surface area contributed by atoms with Gasteiger partial charge in [0.1, 0.15) is 0 Å². The molecule has 1 heterocycles. The van der Waals surface area contributed by atoms with Crippen LogP contribution < -0.4 is 11.2 Å². The molecule has 3 N–H and O–H groups in total. The Morgan fingerprint density at radius 2 is 2.08 bits per heavy atom. The summed E-state index contributed by atoms with van der Waals surface area (Å²) in [7, 11) is 0. The minimum atomic E-state index is 0.480. The molecule has 0 atom stereocenters. The van der Waals surface area contributed by atoms with Crippen molar-refractivity contribution >= 4 is 5.96 Å². The number of aliphatic imine (C=N–C) groups is 1. The van der Waals surface area contributed by atoms with Crippen molar-refractivity contribution in [2.45, 2.75) is 18.9 Å². The monoisotopic (exact) mass is 184 g/mol. The van der Waals surface area contributed by atoms with E-state index in [-0.39, 0.29) is 0 Å². The maximum absolute atomic E-state index is 5.70. The van der Waals surface area contributed by atoms with Gasteiger partial charge in [-0.15, -0.1) is 0 Å². The minimum absolute atomic E-state index is 0.480. The molecule has 0 aromatic rings. The van der Waals surface area contributed by atoms with E-state index in [0.717, 1.165) is 26.3 Å². The lowest BCUT2D eigenvalue weighted by atomic mass is 10.5. The molecular weight excluding hydrogens is 168 g/mol. The van der Waals surface area contributed by atoms with Gasteiger partial charge < -0.3 is 10.5 Å². The molecule has 0 radical (unpaired) electrons.